The SMILES string of the molecule is CN1CC2(CCOCC2)C[C@@H]1C(=O)N[C@@H]1CC[C@@H](Oc2ccc(C(=O)O)cc2-c2ccccc2C2CCC2)C1. The van der Waals surface area contributed by atoms with E-state index in [4.69, 9.17) is 9.47 Å². The van der Waals surface area contributed by atoms with Crippen molar-refractivity contribution in [1.82, 2.24) is 10.2 Å². The number of hydrogen-bond donors (Lipinski definition) is 2. The third-order valence-corrected chi connectivity index (χ3v) is 9.65. The Bertz CT molecular complexity index is 1220. The van der Waals surface area contributed by atoms with E-state index in [2.05, 4.69) is 35.5 Å². The largest absolute Gasteiger partial charge is 0.490 e. The van der Waals surface area contributed by atoms with Crippen LogP contribution in [0.15, 0.2) is 42.5 Å². The second-order valence-corrected chi connectivity index (χ2v) is 12.2. The number of likely N-dealkylation sites (tertiary alicyclic amines) is 1. The van der Waals surface area contributed by atoms with Crippen LogP contribution >= 0.6 is 0 Å². The average molecular weight is 533 g/mol. The molecule has 1 spiro atoms. The van der Waals surface area contributed by atoms with E-state index in [1.54, 1.807) is 12.1 Å². The second kappa shape index (κ2) is 10.9. The lowest BCUT2D eigenvalue weighted by atomic mass is 9.77. The minimum Gasteiger partial charge on any atom is -0.490 e. The summed E-state index contributed by atoms with van der Waals surface area (Å²) in [6, 6.07) is 13.5. The first-order valence-corrected chi connectivity index (χ1v) is 14.6. The van der Waals surface area contributed by atoms with Crippen molar-refractivity contribution < 1.29 is 24.2 Å². The van der Waals surface area contributed by atoms with Crippen molar-refractivity contribution in [2.75, 3.05) is 26.8 Å². The molecule has 6 rings (SSSR count). The Labute approximate surface area is 230 Å². The Morgan fingerprint density at radius 2 is 1.85 bits per heavy atom. The van der Waals surface area contributed by atoms with Gasteiger partial charge in [0.05, 0.1) is 11.6 Å². The van der Waals surface area contributed by atoms with Gasteiger partial charge in [0.2, 0.25) is 5.91 Å². The van der Waals surface area contributed by atoms with Crippen molar-refractivity contribution in [3.05, 3.63) is 53.6 Å². The van der Waals surface area contributed by atoms with E-state index in [0.717, 1.165) is 75.2 Å². The molecule has 0 aromatic heterocycles. The Morgan fingerprint density at radius 1 is 1.05 bits per heavy atom. The number of benzene rings is 2. The van der Waals surface area contributed by atoms with Crippen molar-refractivity contribution in [1.29, 1.82) is 0 Å². The van der Waals surface area contributed by atoms with Crippen molar-refractivity contribution in [3.8, 4) is 16.9 Å². The second-order valence-electron chi connectivity index (χ2n) is 12.2. The van der Waals surface area contributed by atoms with Gasteiger partial charge in [0, 0.05) is 37.8 Å². The number of aromatic carboxylic acids is 1. The molecule has 0 radical (unpaired) electrons. The third kappa shape index (κ3) is 5.44. The molecule has 3 atom stereocenters. The van der Waals surface area contributed by atoms with Crippen LogP contribution in [0.5, 0.6) is 5.75 Å². The van der Waals surface area contributed by atoms with E-state index in [-0.39, 0.29) is 35.1 Å². The van der Waals surface area contributed by atoms with Crippen LogP contribution in [0, 0.1) is 5.41 Å². The average Bonchev–Trinajstić information content (AvgIpc) is 3.47. The van der Waals surface area contributed by atoms with Crippen LogP contribution in [0.3, 0.4) is 0 Å². The highest BCUT2D eigenvalue weighted by Crippen LogP contribution is 2.45. The van der Waals surface area contributed by atoms with Gasteiger partial charge in [-0.3, -0.25) is 9.69 Å². The summed E-state index contributed by atoms with van der Waals surface area (Å²) in [5.74, 6) is 0.433. The summed E-state index contributed by atoms with van der Waals surface area (Å²) in [7, 11) is 2.07. The number of rotatable bonds is 7. The summed E-state index contributed by atoms with van der Waals surface area (Å²) in [6.45, 7) is 2.55. The molecule has 7 heteroatoms. The van der Waals surface area contributed by atoms with Crippen molar-refractivity contribution in [2.45, 2.75) is 81.9 Å². The molecule has 0 unspecified atom stereocenters. The number of carboxylic acids is 1. The Balaban J connectivity index is 1.14. The van der Waals surface area contributed by atoms with Crippen molar-refractivity contribution in [2.24, 2.45) is 5.41 Å². The Kier molecular flexibility index (Phi) is 7.38. The maximum absolute atomic E-state index is 13.3. The number of hydrogen-bond acceptors (Lipinski definition) is 5. The van der Waals surface area contributed by atoms with E-state index in [0.29, 0.717) is 5.92 Å². The number of amides is 1. The smallest absolute Gasteiger partial charge is 0.335 e. The van der Waals surface area contributed by atoms with Gasteiger partial charge < -0.3 is 19.9 Å². The molecule has 208 valence electrons. The minimum atomic E-state index is -0.938. The number of carbonyl (C=O) groups excluding carboxylic acids is 1. The van der Waals surface area contributed by atoms with Crippen LogP contribution in [0.1, 0.15) is 79.6 Å². The molecule has 2 heterocycles. The first-order valence-electron chi connectivity index (χ1n) is 14.6. The zero-order valence-electron chi connectivity index (χ0n) is 22.9. The highest BCUT2D eigenvalue weighted by Gasteiger charge is 2.46. The molecule has 2 saturated heterocycles. The number of carbonyl (C=O) groups is 2. The monoisotopic (exact) mass is 532 g/mol. The van der Waals surface area contributed by atoms with Crippen LogP contribution in [-0.4, -0.2) is 66.9 Å². The molecule has 4 aliphatic rings. The van der Waals surface area contributed by atoms with Gasteiger partial charge >= 0.3 is 5.97 Å². The van der Waals surface area contributed by atoms with E-state index >= 15 is 0 Å². The van der Waals surface area contributed by atoms with Gasteiger partial charge in [0.1, 0.15) is 11.9 Å². The zero-order chi connectivity index (χ0) is 27.0. The summed E-state index contributed by atoms with van der Waals surface area (Å²) >= 11 is 0. The molecular weight excluding hydrogens is 492 g/mol. The lowest BCUT2D eigenvalue weighted by molar-refractivity contribution is -0.125. The van der Waals surface area contributed by atoms with E-state index in [1.165, 1.54) is 24.8 Å². The molecule has 2 aliphatic heterocycles. The van der Waals surface area contributed by atoms with Crippen LogP contribution in [0.4, 0.5) is 0 Å². The third-order valence-electron chi connectivity index (χ3n) is 9.65. The number of ether oxygens (including phenoxy) is 2. The fourth-order valence-electron chi connectivity index (χ4n) is 7.18. The number of likely N-dealkylation sites (N-methyl/N-ethyl adjacent to an activating group) is 1. The van der Waals surface area contributed by atoms with Gasteiger partial charge in [-0.25, -0.2) is 4.79 Å². The quantitative estimate of drug-likeness (QED) is 0.507. The summed E-state index contributed by atoms with van der Waals surface area (Å²) in [5, 5.41) is 13.0. The number of nitrogens with one attached hydrogen (secondary N) is 1. The standard InChI is InChI=1S/C32H40N2O5/c1-34-20-32(13-15-38-16-14-32)19-28(34)30(35)33-23-10-11-24(18-23)39-29-12-9-22(31(36)37)17-27(29)26-8-3-2-7-25(26)21-5-4-6-21/h2-3,7-9,12,17,21,23-24,28H,4-6,10-11,13-16,18-20H2,1H3,(H,33,35)(H,36,37)/t23-,24-,28-/m1/s1. The van der Waals surface area contributed by atoms with Gasteiger partial charge in [-0.15, -0.1) is 0 Å². The molecular formula is C32H40N2O5. The van der Waals surface area contributed by atoms with Gasteiger partial charge in [0.25, 0.3) is 0 Å². The summed E-state index contributed by atoms with van der Waals surface area (Å²) in [5.41, 5.74) is 3.66. The van der Waals surface area contributed by atoms with Crippen molar-refractivity contribution in [3.63, 3.8) is 0 Å². The lowest BCUT2D eigenvalue weighted by Gasteiger charge is -2.32. The number of carboxylic acid groups (broad SMARTS) is 1. The fourth-order valence-corrected chi connectivity index (χ4v) is 7.18. The lowest BCUT2D eigenvalue weighted by Crippen LogP contribution is -2.45. The first-order chi connectivity index (χ1) is 18.9. The molecule has 2 N–H and O–H groups in total. The molecule has 39 heavy (non-hydrogen) atoms. The summed E-state index contributed by atoms with van der Waals surface area (Å²) < 4.78 is 12.1. The van der Waals surface area contributed by atoms with E-state index in [1.807, 2.05) is 12.1 Å². The maximum atomic E-state index is 13.3. The molecule has 0 bridgehead atoms. The first kappa shape index (κ1) is 26.3. The fraction of sp³-hybridized carbons (Fsp3) is 0.562. The van der Waals surface area contributed by atoms with Gasteiger partial charge in [-0.2, -0.15) is 0 Å². The van der Waals surface area contributed by atoms with Gasteiger partial charge in [-0.05, 0) is 92.7 Å². The molecule has 2 aromatic rings. The van der Waals surface area contributed by atoms with Crippen LogP contribution in [0.2, 0.25) is 0 Å². The topological polar surface area (TPSA) is 88.1 Å². The molecule has 2 aliphatic carbocycles. The van der Waals surface area contributed by atoms with Gasteiger partial charge in [0.15, 0.2) is 0 Å². The normalized spacial score (nSPS) is 26.8. The van der Waals surface area contributed by atoms with Crippen LogP contribution in [0.25, 0.3) is 11.1 Å². The predicted octanol–water partition coefficient (Wildman–Crippen LogP) is 5.24. The highest BCUT2D eigenvalue weighted by atomic mass is 16.5. The summed E-state index contributed by atoms with van der Waals surface area (Å²) in [6.07, 6.45) is 9.02. The van der Waals surface area contributed by atoms with Crippen molar-refractivity contribution >= 4 is 11.9 Å². The molecule has 7 nitrogen and oxygen atoms in total. The predicted molar refractivity (Wildman–Crippen MR) is 149 cm³/mol. The van der Waals surface area contributed by atoms with Crippen LogP contribution < -0.4 is 10.1 Å². The van der Waals surface area contributed by atoms with E-state index < -0.39 is 5.97 Å². The Morgan fingerprint density at radius 3 is 2.59 bits per heavy atom. The minimum absolute atomic E-state index is 0.0243. The highest BCUT2D eigenvalue weighted by molar-refractivity contribution is 5.91. The van der Waals surface area contributed by atoms with E-state index in [9.17, 15) is 14.7 Å². The molecule has 1 amide bonds. The molecule has 2 saturated carbocycles. The summed E-state index contributed by atoms with van der Waals surface area (Å²) in [4.78, 5) is 27.3. The van der Waals surface area contributed by atoms with Gasteiger partial charge in [-0.1, -0.05) is 30.7 Å². The van der Waals surface area contributed by atoms with Crippen LogP contribution in [-0.2, 0) is 9.53 Å². The molecule has 2 aromatic carbocycles. The maximum Gasteiger partial charge on any atom is 0.335 e. The molecule has 4 fully saturated rings. The number of nitrogens with zero attached hydrogens (tertiary/aromatic N) is 1. The Hall–Kier alpha value is -2.90. The zero-order valence-corrected chi connectivity index (χ0v) is 22.9.